The zero-order chi connectivity index (χ0) is 85.6. The van der Waals surface area contributed by atoms with E-state index in [1.807, 2.05) is 340 Å². The molecule has 0 fully saturated rings. The highest BCUT2D eigenvalue weighted by molar-refractivity contribution is 6.15. The van der Waals surface area contributed by atoms with Gasteiger partial charge in [0.1, 0.15) is 22.8 Å². The Labute approximate surface area is 692 Å². The van der Waals surface area contributed by atoms with E-state index in [1.54, 1.807) is 0 Å². The van der Waals surface area contributed by atoms with Gasteiger partial charge in [0.05, 0.1) is 58.6 Å². The molecule has 4 aromatic heterocycles. The van der Waals surface area contributed by atoms with Crippen LogP contribution in [0.2, 0.25) is 0 Å². The lowest BCUT2D eigenvalue weighted by molar-refractivity contribution is -0.119. The van der Waals surface area contributed by atoms with Crippen LogP contribution in [0.4, 0.5) is 22.7 Å². The van der Waals surface area contributed by atoms with E-state index in [2.05, 4.69) is 100 Å². The Morgan fingerprint density at radius 1 is 0.276 bits per heavy atom. The third kappa shape index (κ3) is 20.5. The predicted molar refractivity (Wildman–Crippen MR) is 484 cm³/mol. The number of aromatic nitrogens is 12. The second-order valence-corrected chi connectivity index (χ2v) is 24.5. The van der Waals surface area contributed by atoms with Crippen molar-refractivity contribution in [2.45, 2.75) is 231 Å². The maximum absolute atomic E-state index is 13.3. The van der Waals surface area contributed by atoms with Crippen LogP contribution >= 0.6 is 0 Å². The summed E-state index contributed by atoms with van der Waals surface area (Å²) in [7, 11) is 0. The summed E-state index contributed by atoms with van der Waals surface area (Å²) in [6, 6.07) is 63.7. The minimum atomic E-state index is 0.0154. The number of nitrogens with zero attached hydrogens (tertiary/aromatic N) is 16. The monoisotopic (exact) mass is 1570 g/mol. The zero-order valence-electron chi connectivity index (χ0n) is 73.7. The molecule has 16 rings (SSSR count). The highest BCUT2D eigenvalue weighted by atomic mass is 16.2. The van der Waals surface area contributed by atoms with Gasteiger partial charge in [-0.3, -0.25) is 19.2 Å². The van der Waals surface area contributed by atoms with Crippen LogP contribution in [0.15, 0.2) is 194 Å². The number of para-hydroxylation sites is 4. The lowest BCUT2D eigenvalue weighted by Gasteiger charge is -2.28. The van der Waals surface area contributed by atoms with Crippen molar-refractivity contribution in [3.63, 3.8) is 0 Å². The summed E-state index contributed by atoms with van der Waals surface area (Å²) in [4.78, 5) is 59.5. The molecule has 4 amide bonds. The van der Waals surface area contributed by atoms with Gasteiger partial charge in [0.2, 0.25) is 11.8 Å². The summed E-state index contributed by atoms with van der Waals surface area (Å²) in [5, 5.41) is 35.2. The lowest BCUT2D eigenvalue weighted by Crippen LogP contribution is -2.33. The summed E-state index contributed by atoms with van der Waals surface area (Å²) in [5.74, 6) is 0.260. The maximum Gasteiger partial charge on any atom is 0.258 e. The van der Waals surface area contributed by atoms with E-state index >= 15 is 0 Å². The van der Waals surface area contributed by atoms with Crippen molar-refractivity contribution in [1.82, 2.24) is 60.0 Å². The first-order chi connectivity index (χ1) is 57.0. The van der Waals surface area contributed by atoms with Gasteiger partial charge < -0.3 is 19.6 Å². The van der Waals surface area contributed by atoms with E-state index in [0.717, 1.165) is 156 Å². The van der Waals surface area contributed by atoms with Crippen LogP contribution in [0.3, 0.4) is 0 Å². The summed E-state index contributed by atoms with van der Waals surface area (Å²) >= 11 is 0. The van der Waals surface area contributed by atoms with E-state index in [4.69, 9.17) is 0 Å². The first-order valence-electron chi connectivity index (χ1n) is 42.7. The van der Waals surface area contributed by atoms with E-state index in [0.29, 0.717) is 56.7 Å². The molecule has 0 N–H and O–H groups in total. The largest absolute Gasteiger partial charge is 0.308 e. The second-order valence-electron chi connectivity index (χ2n) is 24.5. The van der Waals surface area contributed by atoms with Crippen molar-refractivity contribution in [2.24, 2.45) is 0 Å². The Hall–Kier alpha value is -11.8. The number of rotatable bonds is 10. The van der Waals surface area contributed by atoms with Crippen LogP contribution in [0, 0.1) is 0 Å². The van der Waals surface area contributed by atoms with Crippen molar-refractivity contribution < 1.29 is 19.2 Å². The molecule has 8 aromatic carbocycles. The molecule has 12 aromatic rings. The van der Waals surface area contributed by atoms with Crippen molar-refractivity contribution in [1.29, 1.82) is 0 Å². The molecular weight excluding hydrogens is 1440 g/mol. The first-order valence-corrected chi connectivity index (χ1v) is 42.7. The molecule has 0 saturated heterocycles. The SMILES string of the molecule is CC.CC.CC.CC.CC.CC.CC.CC.CCC(=O)N1Cc2ccccc2-c2c(nnn2CC)-c2ccccc21.CCC(=O)N1Cc2ccccc2-c2nnn(CC)c2-c2ccccc21.CCCN1C(=O)c2ccccc2-c2c(nnn2CC)-c2ccccc21.CCCN1C(=O)c2ccccc2-c2nnn(CC)c2-c2ccccc21. The molecule has 0 bridgehead atoms. The smallest absolute Gasteiger partial charge is 0.258 e. The Morgan fingerprint density at radius 2 is 0.517 bits per heavy atom. The van der Waals surface area contributed by atoms with Crippen molar-refractivity contribution >= 4 is 46.4 Å². The van der Waals surface area contributed by atoms with Crippen LogP contribution in [0.5, 0.6) is 0 Å². The minimum Gasteiger partial charge on any atom is -0.308 e. The molecular formula is C96H128N16O4. The highest BCUT2D eigenvalue weighted by Gasteiger charge is 2.35. The van der Waals surface area contributed by atoms with Gasteiger partial charge >= 0.3 is 0 Å². The summed E-state index contributed by atoms with van der Waals surface area (Å²) in [6.07, 6.45) is 2.71. The molecule has 0 saturated carbocycles. The molecule has 20 heteroatoms. The predicted octanol–water partition coefficient (Wildman–Crippen LogP) is 24.0. The molecule has 0 aliphatic carbocycles. The first kappa shape index (κ1) is 94.8. The number of benzene rings is 8. The van der Waals surface area contributed by atoms with Crippen LogP contribution < -0.4 is 19.6 Å². The van der Waals surface area contributed by atoms with Gasteiger partial charge in [-0.25, -0.2) is 18.7 Å². The van der Waals surface area contributed by atoms with E-state index < -0.39 is 0 Å². The number of carbonyl (C=O) groups excluding carboxylic acids is 4. The fraction of sp³-hybridized carbons (Fsp3) is 0.375. The molecule has 0 radical (unpaired) electrons. The van der Waals surface area contributed by atoms with Gasteiger partial charge in [-0.05, 0) is 88.1 Å². The number of aryl methyl sites for hydroxylation is 4. The van der Waals surface area contributed by atoms with E-state index in [-0.39, 0.29) is 23.6 Å². The molecule has 0 spiro atoms. The number of hydrogen-bond donors (Lipinski definition) is 0. The Balaban J connectivity index is 0.000000260. The molecule has 8 heterocycles. The average Bonchev–Trinajstić information content (AvgIpc) is 1.54. The van der Waals surface area contributed by atoms with Crippen molar-refractivity contribution in [3.8, 4) is 90.1 Å². The van der Waals surface area contributed by atoms with Gasteiger partial charge in [0.15, 0.2) is 0 Å². The van der Waals surface area contributed by atoms with Gasteiger partial charge in [-0.15, -0.1) is 20.4 Å². The molecule has 616 valence electrons. The van der Waals surface area contributed by atoms with Crippen molar-refractivity contribution in [2.75, 3.05) is 32.7 Å². The quantitative estimate of drug-likeness (QED) is 0.125. The molecule has 20 nitrogen and oxygen atoms in total. The lowest BCUT2D eigenvalue weighted by atomic mass is 9.95. The standard InChI is InChI=1S/4C20H20N4O.8C2H6/c1-3-18(25)23-13-14-9-5-6-10-15(14)20-19(21-22-24(20)4-2)16-11-7-8-12-17(16)23;1-3-18(25)23-13-14-9-5-6-10-15(14)19-20(24(4-2)22-21-19)16-11-7-8-12-17(16)23;1-3-13-23-17-12-8-7-11-16(17)18-19(24(4-2)22-21-18)14-9-5-6-10-15(14)20(23)25;1-3-13-23-17-12-8-7-11-16(17)19-18(21-22-24(19)4-2)14-9-5-6-10-15(14)20(23)25;8*1-2/h4*5-12H,3-4,13H2,1-2H3;8*1-2H3. The summed E-state index contributed by atoms with van der Waals surface area (Å²) in [5.41, 5.74) is 22.2. The molecule has 116 heavy (non-hydrogen) atoms. The van der Waals surface area contributed by atoms with Gasteiger partial charge in [-0.2, -0.15) is 0 Å². The van der Waals surface area contributed by atoms with Crippen LogP contribution in [-0.2, 0) is 48.9 Å². The summed E-state index contributed by atoms with van der Waals surface area (Å²) < 4.78 is 7.62. The van der Waals surface area contributed by atoms with E-state index in [1.165, 1.54) is 0 Å². The van der Waals surface area contributed by atoms with Gasteiger partial charge in [-0.1, -0.05) is 317 Å². The molecule has 4 aliphatic rings. The maximum atomic E-state index is 13.3. The third-order valence-electron chi connectivity index (χ3n) is 18.6. The zero-order valence-corrected chi connectivity index (χ0v) is 73.7. The van der Waals surface area contributed by atoms with Crippen LogP contribution in [-0.4, -0.2) is 96.7 Å². The molecule has 0 atom stereocenters. The van der Waals surface area contributed by atoms with Crippen LogP contribution in [0.25, 0.3) is 90.1 Å². The highest BCUT2D eigenvalue weighted by Crippen LogP contribution is 2.46. The normalized spacial score (nSPS) is 11.4. The number of amides is 4. The third-order valence-corrected chi connectivity index (χ3v) is 18.6. The van der Waals surface area contributed by atoms with Gasteiger partial charge in [0, 0.05) is 108 Å². The molecule has 0 unspecified atom stereocenters. The van der Waals surface area contributed by atoms with Crippen molar-refractivity contribution in [3.05, 3.63) is 216 Å². The Kier molecular flexibility index (Phi) is 40.1. The number of anilines is 4. The Morgan fingerprint density at radius 3 is 0.897 bits per heavy atom. The average molecular weight is 1570 g/mol. The fourth-order valence-electron chi connectivity index (χ4n) is 13.8. The van der Waals surface area contributed by atoms with Crippen LogP contribution in [0.1, 0.15) is 224 Å². The number of fused-ring (bicyclic) bond motifs is 20. The number of hydrogen-bond acceptors (Lipinski definition) is 12. The topological polar surface area (TPSA) is 204 Å². The Bertz CT molecular complexity index is 4950. The van der Waals surface area contributed by atoms with Gasteiger partial charge in [0.25, 0.3) is 11.8 Å². The molecule has 4 aliphatic heterocycles. The summed E-state index contributed by atoms with van der Waals surface area (Å²) in [6.45, 7) is 53.5. The van der Waals surface area contributed by atoms with E-state index in [9.17, 15) is 19.2 Å². The minimum absolute atomic E-state index is 0.0154. The fourth-order valence-corrected chi connectivity index (χ4v) is 13.8. The number of carbonyl (C=O) groups is 4. The second kappa shape index (κ2) is 49.1.